The number of para-hydroxylation sites is 2. The highest BCUT2D eigenvalue weighted by Gasteiger charge is 2.03. The molecule has 0 fully saturated rings. The van der Waals surface area contributed by atoms with E-state index < -0.39 is 0 Å². The van der Waals surface area contributed by atoms with E-state index in [0.29, 0.717) is 5.89 Å². The Morgan fingerprint density at radius 2 is 1.90 bits per heavy atom. The molecule has 0 aliphatic carbocycles. The van der Waals surface area contributed by atoms with E-state index in [1.807, 2.05) is 75.5 Å². The van der Waals surface area contributed by atoms with Crippen LogP contribution in [0.4, 0.5) is 5.13 Å². The number of hydrogen-bond acceptors (Lipinski definition) is 5. The van der Waals surface area contributed by atoms with Gasteiger partial charge in [0.1, 0.15) is 5.52 Å². The average molecular weight is 301 g/mol. The molecule has 0 N–H and O–H groups in total. The van der Waals surface area contributed by atoms with Gasteiger partial charge < -0.3 is 9.32 Å². The van der Waals surface area contributed by atoms with E-state index in [2.05, 4.69) is 9.97 Å². The molecular weight excluding hydrogens is 282 g/mol. The lowest BCUT2D eigenvalue weighted by molar-refractivity contribution is 0.590. The fourth-order valence-electron chi connectivity index (χ4n) is 1.68. The van der Waals surface area contributed by atoms with E-state index in [1.54, 1.807) is 11.3 Å². The normalized spacial score (nSPS) is 10.7. The molecule has 5 heteroatoms. The number of anilines is 1. The van der Waals surface area contributed by atoms with E-state index in [-0.39, 0.29) is 0 Å². The summed E-state index contributed by atoms with van der Waals surface area (Å²) in [6.07, 6.45) is 5.68. The second-order valence-electron chi connectivity index (χ2n) is 4.29. The molecule has 0 saturated carbocycles. The zero-order chi connectivity index (χ0) is 15.2. The van der Waals surface area contributed by atoms with Gasteiger partial charge in [0.2, 0.25) is 5.89 Å². The Bertz CT molecular complexity index is 695. The summed E-state index contributed by atoms with van der Waals surface area (Å²) >= 11 is 1.63. The highest BCUT2D eigenvalue weighted by Crippen LogP contribution is 2.23. The van der Waals surface area contributed by atoms with Gasteiger partial charge in [-0.1, -0.05) is 37.3 Å². The third-order valence-corrected chi connectivity index (χ3v) is 3.72. The molecule has 0 atom stereocenters. The van der Waals surface area contributed by atoms with Gasteiger partial charge >= 0.3 is 0 Å². The molecule has 3 aromatic rings. The van der Waals surface area contributed by atoms with Crippen molar-refractivity contribution in [3.63, 3.8) is 0 Å². The minimum Gasteiger partial charge on any atom is -0.437 e. The minimum atomic E-state index is 0.612. The SMILES string of the molecule is CC.CN(C)c1ncc(/C=C/c2nc3ccccc3o2)s1. The fraction of sp³-hybridized carbons (Fsp3) is 0.250. The monoisotopic (exact) mass is 301 g/mol. The first-order chi connectivity index (χ1) is 10.2. The molecule has 0 aliphatic rings. The van der Waals surface area contributed by atoms with Crippen LogP contribution in [0.1, 0.15) is 24.6 Å². The minimum absolute atomic E-state index is 0.612. The zero-order valence-electron chi connectivity index (χ0n) is 12.7. The Balaban J connectivity index is 0.000000774. The summed E-state index contributed by atoms with van der Waals surface area (Å²) in [6, 6.07) is 7.74. The summed E-state index contributed by atoms with van der Waals surface area (Å²) < 4.78 is 5.62. The summed E-state index contributed by atoms with van der Waals surface area (Å²) in [5, 5.41) is 0.984. The zero-order valence-corrected chi connectivity index (χ0v) is 13.5. The van der Waals surface area contributed by atoms with Crippen LogP contribution in [-0.2, 0) is 0 Å². The molecule has 0 bridgehead atoms. The Kier molecular flexibility index (Phi) is 5.11. The molecule has 2 heterocycles. The quantitative estimate of drug-likeness (QED) is 0.712. The van der Waals surface area contributed by atoms with Crippen LogP contribution in [0.15, 0.2) is 34.9 Å². The second kappa shape index (κ2) is 7.04. The van der Waals surface area contributed by atoms with Crippen LogP contribution in [-0.4, -0.2) is 24.1 Å². The summed E-state index contributed by atoms with van der Waals surface area (Å²) in [4.78, 5) is 11.8. The molecule has 110 valence electrons. The van der Waals surface area contributed by atoms with E-state index in [4.69, 9.17) is 4.42 Å². The number of oxazole rings is 1. The predicted molar refractivity (Wildman–Crippen MR) is 90.7 cm³/mol. The van der Waals surface area contributed by atoms with Crippen molar-refractivity contribution >= 4 is 39.7 Å². The van der Waals surface area contributed by atoms with Crippen LogP contribution < -0.4 is 4.90 Å². The van der Waals surface area contributed by atoms with Gasteiger partial charge in [-0.15, -0.1) is 0 Å². The lowest BCUT2D eigenvalue weighted by Gasteiger charge is -2.04. The Labute approximate surface area is 128 Å². The summed E-state index contributed by atoms with van der Waals surface area (Å²) in [7, 11) is 3.96. The Morgan fingerprint density at radius 3 is 2.57 bits per heavy atom. The second-order valence-corrected chi connectivity index (χ2v) is 5.33. The van der Waals surface area contributed by atoms with E-state index in [9.17, 15) is 0 Å². The maximum absolute atomic E-state index is 5.62. The maximum atomic E-state index is 5.62. The Morgan fingerprint density at radius 1 is 1.14 bits per heavy atom. The third kappa shape index (κ3) is 3.70. The van der Waals surface area contributed by atoms with Crippen molar-refractivity contribution in [2.75, 3.05) is 19.0 Å². The van der Waals surface area contributed by atoms with Crippen molar-refractivity contribution in [3.8, 4) is 0 Å². The van der Waals surface area contributed by atoms with Crippen molar-refractivity contribution < 1.29 is 4.42 Å². The molecule has 0 amide bonds. The van der Waals surface area contributed by atoms with Gasteiger partial charge in [0.25, 0.3) is 0 Å². The van der Waals surface area contributed by atoms with Crippen LogP contribution in [0.2, 0.25) is 0 Å². The molecular formula is C16H19N3OS. The Hall–Kier alpha value is -2.14. The number of rotatable bonds is 3. The van der Waals surface area contributed by atoms with Crippen LogP contribution >= 0.6 is 11.3 Å². The van der Waals surface area contributed by atoms with Gasteiger partial charge in [0, 0.05) is 31.2 Å². The first kappa shape index (κ1) is 15.3. The highest BCUT2D eigenvalue weighted by molar-refractivity contribution is 7.16. The number of benzene rings is 1. The topological polar surface area (TPSA) is 42.2 Å². The molecule has 3 rings (SSSR count). The fourth-order valence-corrected chi connectivity index (χ4v) is 2.42. The molecule has 4 nitrogen and oxygen atoms in total. The van der Waals surface area contributed by atoms with Crippen molar-refractivity contribution in [2.45, 2.75) is 13.8 Å². The van der Waals surface area contributed by atoms with E-state index >= 15 is 0 Å². The number of aromatic nitrogens is 2. The molecule has 0 unspecified atom stereocenters. The lowest BCUT2D eigenvalue weighted by atomic mass is 10.3. The van der Waals surface area contributed by atoms with Gasteiger partial charge in [-0.2, -0.15) is 0 Å². The van der Waals surface area contributed by atoms with E-state index in [0.717, 1.165) is 21.1 Å². The molecule has 0 spiro atoms. The van der Waals surface area contributed by atoms with Crippen molar-refractivity contribution in [1.82, 2.24) is 9.97 Å². The first-order valence-corrected chi connectivity index (χ1v) is 7.71. The van der Waals surface area contributed by atoms with Crippen LogP contribution in [0.3, 0.4) is 0 Å². The number of thiazole rings is 1. The summed E-state index contributed by atoms with van der Waals surface area (Å²) in [5.74, 6) is 0.612. The molecule has 0 saturated heterocycles. The number of nitrogens with zero attached hydrogens (tertiary/aromatic N) is 3. The molecule has 2 aromatic heterocycles. The van der Waals surface area contributed by atoms with Crippen molar-refractivity contribution in [1.29, 1.82) is 0 Å². The van der Waals surface area contributed by atoms with Crippen molar-refractivity contribution in [3.05, 3.63) is 41.2 Å². The van der Waals surface area contributed by atoms with Gasteiger partial charge in [-0.3, -0.25) is 0 Å². The van der Waals surface area contributed by atoms with Gasteiger partial charge in [0.15, 0.2) is 10.7 Å². The molecule has 0 aliphatic heterocycles. The highest BCUT2D eigenvalue weighted by atomic mass is 32.1. The standard InChI is InChI=1S/C14H13N3OS.C2H6/c1-17(2)14-15-9-10(19-14)7-8-13-16-11-5-3-4-6-12(11)18-13;1-2/h3-9H,1-2H3;1-2H3/b8-7+;. The van der Waals surface area contributed by atoms with E-state index in [1.165, 1.54) is 0 Å². The van der Waals surface area contributed by atoms with Crippen molar-refractivity contribution in [2.24, 2.45) is 0 Å². The van der Waals surface area contributed by atoms with Crippen LogP contribution in [0, 0.1) is 0 Å². The molecule has 21 heavy (non-hydrogen) atoms. The van der Waals surface area contributed by atoms with Gasteiger partial charge in [0.05, 0.1) is 0 Å². The summed E-state index contributed by atoms with van der Waals surface area (Å²) in [5.41, 5.74) is 1.68. The lowest BCUT2D eigenvalue weighted by Crippen LogP contribution is -2.07. The van der Waals surface area contributed by atoms with Crippen LogP contribution in [0.25, 0.3) is 23.3 Å². The predicted octanol–water partition coefficient (Wildman–Crippen LogP) is 4.55. The first-order valence-electron chi connectivity index (χ1n) is 6.89. The largest absolute Gasteiger partial charge is 0.437 e. The number of fused-ring (bicyclic) bond motifs is 1. The average Bonchev–Trinajstić information content (AvgIpc) is 3.13. The van der Waals surface area contributed by atoms with Gasteiger partial charge in [-0.05, 0) is 18.2 Å². The molecule has 0 radical (unpaired) electrons. The van der Waals surface area contributed by atoms with Crippen LogP contribution in [0.5, 0.6) is 0 Å². The third-order valence-electron chi connectivity index (χ3n) is 2.59. The smallest absolute Gasteiger partial charge is 0.220 e. The molecule has 1 aromatic carbocycles. The number of hydrogen-bond donors (Lipinski definition) is 0. The summed E-state index contributed by atoms with van der Waals surface area (Å²) in [6.45, 7) is 4.00. The maximum Gasteiger partial charge on any atom is 0.220 e. The van der Waals surface area contributed by atoms with Gasteiger partial charge in [-0.25, -0.2) is 9.97 Å².